The Morgan fingerprint density at radius 1 is 1.50 bits per heavy atom. The molecule has 6 heteroatoms. The summed E-state index contributed by atoms with van der Waals surface area (Å²) < 4.78 is 29.8. The standard InChI is InChI=1S/C8H17NO4S/c10-4-6-14(11,12)9-3-1-8-2-5-13-7-8/h8-10H,1-7H2. The fourth-order valence-electron chi connectivity index (χ4n) is 1.42. The van der Waals surface area contributed by atoms with Crippen molar-refractivity contribution in [2.75, 3.05) is 32.1 Å². The number of aliphatic hydroxyl groups excluding tert-OH is 1. The van der Waals surface area contributed by atoms with Gasteiger partial charge in [0.15, 0.2) is 0 Å². The van der Waals surface area contributed by atoms with Gasteiger partial charge < -0.3 is 9.84 Å². The van der Waals surface area contributed by atoms with Crippen molar-refractivity contribution in [3.05, 3.63) is 0 Å². The third-order valence-electron chi connectivity index (χ3n) is 2.26. The molecular formula is C8H17NO4S. The molecule has 1 aliphatic rings. The van der Waals surface area contributed by atoms with Crippen LogP contribution in [0.5, 0.6) is 0 Å². The maximum atomic E-state index is 11.1. The molecule has 1 unspecified atom stereocenters. The van der Waals surface area contributed by atoms with Crippen LogP contribution in [0.4, 0.5) is 0 Å². The number of ether oxygens (including phenoxy) is 1. The minimum Gasteiger partial charge on any atom is -0.395 e. The topological polar surface area (TPSA) is 75.6 Å². The van der Waals surface area contributed by atoms with Gasteiger partial charge in [-0.2, -0.15) is 0 Å². The van der Waals surface area contributed by atoms with Gasteiger partial charge in [0, 0.05) is 19.8 Å². The van der Waals surface area contributed by atoms with Gasteiger partial charge in [0.2, 0.25) is 10.0 Å². The van der Waals surface area contributed by atoms with E-state index in [1.807, 2.05) is 0 Å². The largest absolute Gasteiger partial charge is 0.395 e. The molecule has 0 bridgehead atoms. The average molecular weight is 223 g/mol. The third-order valence-corrected chi connectivity index (χ3v) is 3.62. The first kappa shape index (κ1) is 11.9. The van der Waals surface area contributed by atoms with Crippen molar-refractivity contribution < 1.29 is 18.3 Å². The first-order valence-electron chi connectivity index (χ1n) is 4.80. The summed E-state index contributed by atoms with van der Waals surface area (Å²) in [6.07, 6.45) is 1.83. The van der Waals surface area contributed by atoms with Gasteiger partial charge in [-0.3, -0.25) is 0 Å². The number of hydrogen-bond donors (Lipinski definition) is 2. The molecule has 0 radical (unpaired) electrons. The van der Waals surface area contributed by atoms with Gasteiger partial charge in [-0.05, 0) is 18.8 Å². The molecule has 0 spiro atoms. The normalized spacial score (nSPS) is 22.8. The smallest absolute Gasteiger partial charge is 0.213 e. The predicted octanol–water partition coefficient (Wildman–Crippen LogP) is -0.675. The van der Waals surface area contributed by atoms with Crippen molar-refractivity contribution in [2.45, 2.75) is 12.8 Å². The summed E-state index contributed by atoms with van der Waals surface area (Å²) in [5, 5.41) is 8.47. The van der Waals surface area contributed by atoms with Crippen LogP contribution in [-0.2, 0) is 14.8 Å². The van der Waals surface area contributed by atoms with Gasteiger partial charge in [0.25, 0.3) is 0 Å². The Labute approximate surface area is 84.5 Å². The Bertz CT molecular complexity index is 246. The van der Waals surface area contributed by atoms with Crippen molar-refractivity contribution >= 4 is 10.0 Å². The van der Waals surface area contributed by atoms with Gasteiger partial charge in [0.1, 0.15) is 0 Å². The van der Waals surface area contributed by atoms with Gasteiger partial charge in [-0.15, -0.1) is 0 Å². The number of nitrogens with one attached hydrogen (secondary N) is 1. The van der Waals surface area contributed by atoms with Crippen LogP contribution in [0.3, 0.4) is 0 Å². The molecule has 1 heterocycles. The highest BCUT2D eigenvalue weighted by atomic mass is 32.2. The van der Waals surface area contributed by atoms with Crippen LogP contribution in [0.15, 0.2) is 0 Å². The number of hydrogen-bond acceptors (Lipinski definition) is 4. The Balaban J connectivity index is 2.13. The minimum atomic E-state index is -3.26. The summed E-state index contributed by atoms with van der Waals surface area (Å²) in [5.41, 5.74) is 0. The molecular weight excluding hydrogens is 206 g/mol. The van der Waals surface area contributed by atoms with Crippen molar-refractivity contribution in [2.24, 2.45) is 5.92 Å². The third kappa shape index (κ3) is 4.36. The lowest BCUT2D eigenvalue weighted by molar-refractivity contribution is 0.184. The summed E-state index contributed by atoms with van der Waals surface area (Å²) in [6.45, 7) is 1.63. The van der Waals surface area contributed by atoms with Crippen LogP contribution in [0.25, 0.3) is 0 Å². The van der Waals surface area contributed by atoms with Crippen molar-refractivity contribution in [3.63, 3.8) is 0 Å². The van der Waals surface area contributed by atoms with Crippen molar-refractivity contribution in [1.29, 1.82) is 0 Å². The van der Waals surface area contributed by atoms with Gasteiger partial charge in [0.05, 0.1) is 12.4 Å². The molecule has 0 aromatic carbocycles. The monoisotopic (exact) mass is 223 g/mol. The van der Waals surface area contributed by atoms with Crippen LogP contribution >= 0.6 is 0 Å². The van der Waals surface area contributed by atoms with E-state index < -0.39 is 10.0 Å². The SMILES string of the molecule is O=S(=O)(CCO)NCCC1CCOC1. The highest BCUT2D eigenvalue weighted by Crippen LogP contribution is 2.15. The Hall–Kier alpha value is -0.170. The average Bonchev–Trinajstić information content (AvgIpc) is 2.56. The Morgan fingerprint density at radius 3 is 2.86 bits per heavy atom. The maximum absolute atomic E-state index is 11.1. The lowest BCUT2D eigenvalue weighted by atomic mass is 10.1. The van der Waals surface area contributed by atoms with E-state index in [0.29, 0.717) is 12.5 Å². The Morgan fingerprint density at radius 2 is 2.29 bits per heavy atom. The molecule has 1 saturated heterocycles. The molecule has 1 fully saturated rings. The molecule has 14 heavy (non-hydrogen) atoms. The molecule has 5 nitrogen and oxygen atoms in total. The first-order valence-corrected chi connectivity index (χ1v) is 6.45. The zero-order valence-corrected chi connectivity index (χ0v) is 8.92. The second-order valence-corrected chi connectivity index (χ2v) is 5.38. The fraction of sp³-hybridized carbons (Fsp3) is 1.00. The van der Waals surface area contributed by atoms with Crippen molar-refractivity contribution in [1.82, 2.24) is 4.72 Å². The second kappa shape index (κ2) is 5.65. The van der Waals surface area contributed by atoms with Crippen LogP contribution in [0.1, 0.15) is 12.8 Å². The van der Waals surface area contributed by atoms with E-state index in [9.17, 15) is 8.42 Å². The molecule has 0 saturated carbocycles. The van der Waals surface area contributed by atoms with Crippen LogP contribution in [0.2, 0.25) is 0 Å². The molecule has 0 aromatic rings. The summed E-state index contributed by atoms with van der Waals surface area (Å²) in [7, 11) is -3.26. The summed E-state index contributed by atoms with van der Waals surface area (Å²) in [6, 6.07) is 0. The molecule has 0 aromatic heterocycles. The lowest BCUT2D eigenvalue weighted by Crippen LogP contribution is -2.29. The quantitative estimate of drug-likeness (QED) is 0.626. The predicted molar refractivity (Wildman–Crippen MR) is 52.4 cm³/mol. The lowest BCUT2D eigenvalue weighted by Gasteiger charge is -2.08. The first-order chi connectivity index (χ1) is 6.64. The minimum absolute atomic E-state index is 0.214. The molecule has 1 atom stereocenters. The molecule has 84 valence electrons. The molecule has 2 N–H and O–H groups in total. The van der Waals surface area contributed by atoms with Crippen LogP contribution < -0.4 is 4.72 Å². The van der Waals surface area contributed by atoms with Gasteiger partial charge >= 0.3 is 0 Å². The molecule has 1 rings (SSSR count). The summed E-state index contributed by atoms with van der Waals surface area (Å²) >= 11 is 0. The van der Waals surface area contributed by atoms with E-state index in [1.165, 1.54) is 0 Å². The maximum Gasteiger partial charge on any atom is 0.213 e. The highest BCUT2D eigenvalue weighted by molar-refractivity contribution is 7.89. The zero-order chi connectivity index (χ0) is 10.4. The van der Waals surface area contributed by atoms with E-state index in [1.54, 1.807) is 0 Å². The van der Waals surface area contributed by atoms with Crippen LogP contribution in [-0.4, -0.2) is 45.6 Å². The fourth-order valence-corrected chi connectivity index (χ4v) is 2.24. The van der Waals surface area contributed by atoms with E-state index in [-0.39, 0.29) is 12.4 Å². The summed E-state index contributed by atoms with van der Waals surface area (Å²) in [5.74, 6) is 0.264. The number of aliphatic hydroxyl groups is 1. The molecule has 0 amide bonds. The van der Waals surface area contributed by atoms with E-state index in [2.05, 4.69) is 4.72 Å². The van der Waals surface area contributed by atoms with Gasteiger partial charge in [-0.25, -0.2) is 13.1 Å². The molecule has 0 aliphatic carbocycles. The number of rotatable bonds is 6. The Kier molecular flexibility index (Phi) is 4.80. The zero-order valence-electron chi connectivity index (χ0n) is 8.11. The highest BCUT2D eigenvalue weighted by Gasteiger charge is 2.16. The van der Waals surface area contributed by atoms with Crippen LogP contribution in [0, 0.1) is 5.92 Å². The van der Waals surface area contributed by atoms with E-state index >= 15 is 0 Å². The van der Waals surface area contributed by atoms with E-state index in [0.717, 1.165) is 26.1 Å². The van der Waals surface area contributed by atoms with Gasteiger partial charge in [-0.1, -0.05) is 0 Å². The van der Waals surface area contributed by atoms with E-state index in [4.69, 9.17) is 9.84 Å². The molecule has 1 aliphatic heterocycles. The van der Waals surface area contributed by atoms with Crippen molar-refractivity contribution in [3.8, 4) is 0 Å². The number of sulfonamides is 1. The summed E-state index contributed by atoms with van der Waals surface area (Å²) in [4.78, 5) is 0. The second-order valence-electron chi connectivity index (χ2n) is 3.46.